The van der Waals surface area contributed by atoms with Gasteiger partial charge in [0.2, 0.25) is 0 Å². The van der Waals surface area contributed by atoms with Crippen LogP contribution in [-0.2, 0) is 6.54 Å². The zero-order valence-corrected chi connectivity index (χ0v) is 15.7. The van der Waals surface area contributed by atoms with E-state index in [0.717, 1.165) is 32.0 Å². The third kappa shape index (κ3) is 3.44. The van der Waals surface area contributed by atoms with Gasteiger partial charge in [0.1, 0.15) is 11.6 Å². The molecular weight excluding hydrogens is 322 g/mol. The Labute approximate surface area is 155 Å². The molecule has 1 aromatic carbocycles. The Balaban J connectivity index is 1.58. The second-order valence-corrected chi connectivity index (χ2v) is 7.42. The first-order valence-electron chi connectivity index (χ1n) is 9.47. The Morgan fingerprint density at radius 1 is 1.12 bits per heavy atom. The van der Waals surface area contributed by atoms with E-state index < -0.39 is 0 Å². The molecule has 5 heteroatoms. The zero-order chi connectivity index (χ0) is 17.9. The first kappa shape index (κ1) is 17.0. The summed E-state index contributed by atoms with van der Waals surface area (Å²) in [4.78, 5) is 14.1. The number of likely N-dealkylation sites (N-methyl/N-ethyl adjacent to an activating group) is 1. The van der Waals surface area contributed by atoms with Crippen molar-refractivity contribution in [3.05, 3.63) is 54.7 Å². The van der Waals surface area contributed by atoms with Crippen molar-refractivity contribution in [2.24, 2.45) is 0 Å². The van der Waals surface area contributed by atoms with E-state index in [1.807, 2.05) is 12.4 Å². The van der Waals surface area contributed by atoms with Crippen molar-refractivity contribution in [2.45, 2.75) is 25.3 Å². The van der Waals surface area contributed by atoms with Crippen LogP contribution in [-0.4, -0.2) is 53.2 Å². The lowest BCUT2D eigenvalue weighted by Crippen LogP contribution is -2.36. The molecule has 26 heavy (non-hydrogen) atoms. The van der Waals surface area contributed by atoms with Crippen LogP contribution >= 0.6 is 0 Å². The fourth-order valence-corrected chi connectivity index (χ4v) is 3.91. The average molecular weight is 349 g/mol. The van der Waals surface area contributed by atoms with E-state index in [9.17, 15) is 0 Å². The Bertz CT molecular complexity index is 864. The topological polar surface area (TPSA) is 37.2 Å². The Morgan fingerprint density at radius 3 is 2.88 bits per heavy atom. The van der Waals surface area contributed by atoms with E-state index in [-0.39, 0.29) is 0 Å². The van der Waals surface area contributed by atoms with Crippen LogP contribution in [0.2, 0.25) is 0 Å². The smallest absolute Gasteiger partial charge is 0.136 e. The van der Waals surface area contributed by atoms with Crippen LogP contribution < -0.4 is 4.90 Å². The Kier molecular flexibility index (Phi) is 4.89. The second-order valence-electron chi connectivity index (χ2n) is 7.42. The van der Waals surface area contributed by atoms with Crippen LogP contribution in [0.5, 0.6) is 0 Å². The number of aromatic nitrogens is 3. The van der Waals surface area contributed by atoms with Crippen molar-refractivity contribution in [2.75, 3.05) is 38.6 Å². The zero-order valence-electron chi connectivity index (χ0n) is 15.7. The summed E-state index contributed by atoms with van der Waals surface area (Å²) in [5, 5.41) is 2.50. The predicted octanol–water partition coefficient (Wildman–Crippen LogP) is 3.38. The summed E-state index contributed by atoms with van der Waals surface area (Å²) in [5.41, 5.74) is 0. The van der Waals surface area contributed by atoms with Crippen molar-refractivity contribution in [1.29, 1.82) is 0 Å². The monoisotopic (exact) mass is 349 g/mol. The van der Waals surface area contributed by atoms with Gasteiger partial charge in [-0.25, -0.2) is 9.97 Å². The van der Waals surface area contributed by atoms with Gasteiger partial charge in [-0.05, 0) is 38.4 Å². The average Bonchev–Trinajstić information content (AvgIpc) is 3.15. The second kappa shape index (κ2) is 7.46. The van der Waals surface area contributed by atoms with Gasteiger partial charge in [-0.3, -0.25) is 0 Å². The minimum Gasteiger partial charge on any atom is -0.355 e. The maximum Gasteiger partial charge on any atom is 0.136 e. The molecule has 1 aliphatic heterocycles. The number of rotatable bonds is 5. The van der Waals surface area contributed by atoms with Crippen LogP contribution in [0.4, 0.5) is 5.82 Å². The van der Waals surface area contributed by atoms with Gasteiger partial charge in [-0.15, -0.1) is 0 Å². The number of benzene rings is 1. The maximum atomic E-state index is 4.72. The summed E-state index contributed by atoms with van der Waals surface area (Å²) < 4.78 is 2.32. The van der Waals surface area contributed by atoms with Gasteiger partial charge >= 0.3 is 0 Å². The highest BCUT2D eigenvalue weighted by molar-refractivity contribution is 5.92. The number of nitrogens with zero attached hydrogens (tertiary/aromatic N) is 5. The first-order chi connectivity index (χ1) is 12.7. The molecule has 0 aliphatic carbocycles. The van der Waals surface area contributed by atoms with E-state index in [0.29, 0.717) is 5.92 Å². The fraction of sp³-hybridized carbons (Fsp3) is 0.429. The van der Waals surface area contributed by atoms with Crippen molar-refractivity contribution >= 4 is 16.6 Å². The molecule has 0 radical (unpaired) electrons. The van der Waals surface area contributed by atoms with Crippen LogP contribution in [0.3, 0.4) is 0 Å². The Hall–Kier alpha value is -2.40. The van der Waals surface area contributed by atoms with E-state index in [1.54, 1.807) is 0 Å². The van der Waals surface area contributed by atoms with Crippen molar-refractivity contribution in [3.8, 4) is 0 Å². The normalized spacial score (nSPS) is 18.0. The molecule has 0 saturated carbocycles. The number of fused-ring (bicyclic) bond motifs is 1. The van der Waals surface area contributed by atoms with Gasteiger partial charge < -0.3 is 14.4 Å². The molecule has 0 unspecified atom stereocenters. The predicted molar refractivity (Wildman–Crippen MR) is 107 cm³/mol. The molecule has 3 aromatic rings. The summed E-state index contributed by atoms with van der Waals surface area (Å²) in [6, 6.07) is 10.6. The fourth-order valence-electron chi connectivity index (χ4n) is 3.91. The molecule has 136 valence electrons. The molecule has 1 aliphatic rings. The SMILES string of the molecule is CN(C)CCn1ccnc1[C@H]1CCCN(c2nccc3ccccc23)C1. The number of hydrogen-bond acceptors (Lipinski definition) is 4. The molecule has 2 aromatic heterocycles. The summed E-state index contributed by atoms with van der Waals surface area (Å²) in [7, 11) is 4.23. The highest BCUT2D eigenvalue weighted by Crippen LogP contribution is 2.31. The number of piperidine rings is 1. The van der Waals surface area contributed by atoms with E-state index in [4.69, 9.17) is 9.97 Å². The van der Waals surface area contributed by atoms with Gasteiger partial charge in [-0.1, -0.05) is 24.3 Å². The van der Waals surface area contributed by atoms with Crippen LogP contribution in [0, 0.1) is 0 Å². The van der Waals surface area contributed by atoms with Gasteiger partial charge in [0, 0.05) is 56.1 Å². The lowest BCUT2D eigenvalue weighted by Gasteiger charge is -2.34. The highest BCUT2D eigenvalue weighted by Gasteiger charge is 2.26. The third-order valence-corrected chi connectivity index (χ3v) is 5.27. The molecule has 0 spiro atoms. The maximum absolute atomic E-state index is 4.72. The quantitative estimate of drug-likeness (QED) is 0.708. The summed E-state index contributed by atoms with van der Waals surface area (Å²) in [6.45, 7) is 4.08. The summed E-state index contributed by atoms with van der Waals surface area (Å²) in [6.07, 6.45) is 8.36. The van der Waals surface area contributed by atoms with Crippen molar-refractivity contribution < 1.29 is 0 Å². The van der Waals surface area contributed by atoms with Crippen LogP contribution in [0.25, 0.3) is 10.8 Å². The van der Waals surface area contributed by atoms with Crippen molar-refractivity contribution in [1.82, 2.24) is 19.4 Å². The van der Waals surface area contributed by atoms with Gasteiger partial charge in [-0.2, -0.15) is 0 Å². The molecule has 1 atom stereocenters. The van der Waals surface area contributed by atoms with E-state index in [1.165, 1.54) is 29.4 Å². The molecule has 3 heterocycles. The summed E-state index contributed by atoms with van der Waals surface area (Å²) in [5.74, 6) is 2.79. The van der Waals surface area contributed by atoms with Crippen molar-refractivity contribution in [3.63, 3.8) is 0 Å². The molecule has 1 saturated heterocycles. The molecule has 1 fully saturated rings. The largest absolute Gasteiger partial charge is 0.355 e. The number of pyridine rings is 1. The molecule has 0 N–H and O–H groups in total. The highest BCUT2D eigenvalue weighted by atomic mass is 15.2. The van der Waals surface area contributed by atoms with Gasteiger partial charge in [0.05, 0.1) is 0 Å². The molecular formula is C21H27N5. The molecule has 5 nitrogen and oxygen atoms in total. The molecule has 4 rings (SSSR count). The molecule has 0 amide bonds. The van der Waals surface area contributed by atoms with E-state index >= 15 is 0 Å². The summed E-state index contributed by atoms with van der Waals surface area (Å²) >= 11 is 0. The minimum atomic E-state index is 0.460. The van der Waals surface area contributed by atoms with Gasteiger partial charge in [0.15, 0.2) is 0 Å². The number of imidazole rings is 1. The van der Waals surface area contributed by atoms with Gasteiger partial charge in [0.25, 0.3) is 0 Å². The number of anilines is 1. The van der Waals surface area contributed by atoms with Crippen LogP contribution in [0.15, 0.2) is 48.9 Å². The third-order valence-electron chi connectivity index (χ3n) is 5.27. The minimum absolute atomic E-state index is 0.460. The lowest BCUT2D eigenvalue weighted by molar-refractivity contribution is 0.373. The lowest BCUT2D eigenvalue weighted by atomic mass is 9.96. The van der Waals surface area contributed by atoms with Crippen LogP contribution in [0.1, 0.15) is 24.6 Å². The Morgan fingerprint density at radius 2 is 2.00 bits per heavy atom. The van der Waals surface area contributed by atoms with E-state index in [2.05, 4.69) is 65.0 Å². The number of hydrogen-bond donors (Lipinski definition) is 0. The molecule has 0 bridgehead atoms. The first-order valence-corrected chi connectivity index (χ1v) is 9.47. The standard InChI is InChI=1S/C21H27N5/c1-24(2)14-15-25-13-11-23-20(25)18-7-5-12-26(16-18)21-19-8-4-3-6-17(19)9-10-22-21/h3-4,6,8-11,13,18H,5,7,12,14-16H2,1-2H3/t18-/m0/s1.